The van der Waals surface area contributed by atoms with E-state index >= 15 is 0 Å². The van der Waals surface area contributed by atoms with Crippen LogP contribution in [0.1, 0.15) is 5.82 Å². The second-order valence-electron chi connectivity index (χ2n) is 5.65. The molecule has 1 aromatic heterocycles. The Morgan fingerprint density at radius 3 is 2.79 bits per heavy atom. The SMILES string of the molecule is COc1cc(NC(=O)CSc2n[nH]c(COc3ccccc3)n2)ccc1[N+](=O)[O-]. The number of carbonyl (C=O) groups excluding carboxylic acids is 1. The molecule has 10 nitrogen and oxygen atoms in total. The quantitative estimate of drug-likeness (QED) is 0.310. The number of nitrogens with one attached hydrogen (secondary N) is 2. The number of aromatic amines is 1. The molecule has 0 saturated heterocycles. The van der Waals surface area contributed by atoms with Gasteiger partial charge in [-0.25, -0.2) is 4.98 Å². The molecule has 3 rings (SSSR count). The number of benzene rings is 2. The number of carbonyl (C=O) groups is 1. The molecule has 0 bridgehead atoms. The summed E-state index contributed by atoms with van der Waals surface area (Å²) in [6.45, 7) is 0.229. The first-order valence-corrected chi connectivity index (χ1v) is 9.38. The van der Waals surface area contributed by atoms with Crippen LogP contribution in [0.3, 0.4) is 0 Å². The van der Waals surface area contributed by atoms with Gasteiger partial charge in [0.05, 0.1) is 17.8 Å². The van der Waals surface area contributed by atoms with Crippen molar-refractivity contribution in [3.63, 3.8) is 0 Å². The van der Waals surface area contributed by atoms with E-state index in [1.54, 1.807) is 0 Å². The van der Waals surface area contributed by atoms with Crippen molar-refractivity contribution in [2.45, 2.75) is 11.8 Å². The van der Waals surface area contributed by atoms with Gasteiger partial charge in [0, 0.05) is 17.8 Å². The van der Waals surface area contributed by atoms with E-state index in [9.17, 15) is 14.9 Å². The minimum atomic E-state index is -0.553. The number of H-pyrrole nitrogens is 1. The normalized spacial score (nSPS) is 10.4. The molecule has 150 valence electrons. The monoisotopic (exact) mass is 415 g/mol. The number of nitrogens with zero attached hydrogens (tertiary/aromatic N) is 3. The number of amides is 1. The summed E-state index contributed by atoms with van der Waals surface area (Å²) in [6, 6.07) is 13.4. The van der Waals surface area contributed by atoms with Gasteiger partial charge >= 0.3 is 5.69 Å². The Morgan fingerprint density at radius 2 is 2.07 bits per heavy atom. The van der Waals surface area contributed by atoms with Gasteiger partial charge < -0.3 is 14.8 Å². The largest absolute Gasteiger partial charge is 0.490 e. The Labute approximate surface area is 169 Å². The highest BCUT2D eigenvalue weighted by Gasteiger charge is 2.16. The van der Waals surface area contributed by atoms with Crippen molar-refractivity contribution in [1.82, 2.24) is 15.2 Å². The lowest BCUT2D eigenvalue weighted by Gasteiger charge is -2.07. The Morgan fingerprint density at radius 1 is 1.28 bits per heavy atom. The molecule has 0 aliphatic heterocycles. The van der Waals surface area contributed by atoms with Crippen LogP contribution in [0.5, 0.6) is 11.5 Å². The number of hydrogen-bond donors (Lipinski definition) is 2. The average molecular weight is 415 g/mol. The van der Waals surface area contributed by atoms with Crippen molar-refractivity contribution in [2.75, 3.05) is 18.2 Å². The van der Waals surface area contributed by atoms with Gasteiger partial charge in [-0.05, 0) is 18.2 Å². The fraction of sp³-hybridized carbons (Fsp3) is 0.167. The fourth-order valence-corrected chi connectivity index (χ4v) is 2.93. The number of para-hydroxylation sites is 1. The zero-order valence-corrected chi connectivity index (χ0v) is 16.1. The van der Waals surface area contributed by atoms with Crippen molar-refractivity contribution in [3.05, 3.63) is 64.5 Å². The molecule has 0 radical (unpaired) electrons. The molecule has 2 aromatic carbocycles. The summed E-state index contributed by atoms with van der Waals surface area (Å²) in [4.78, 5) is 26.7. The number of hydrogen-bond acceptors (Lipinski definition) is 8. The zero-order chi connectivity index (χ0) is 20.6. The standard InChI is InChI=1S/C18H17N5O5S/c1-27-15-9-12(7-8-14(15)23(25)26)19-17(24)11-29-18-20-16(21-22-18)10-28-13-5-3-2-4-6-13/h2-9H,10-11H2,1H3,(H,19,24)(H,20,21,22). The van der Waals surface area contributed by atoms with Crippen molar-refractivity contribution >= 4 is 29.0 Å². The summed E-state index contributed by atoms with van der Waals surface area (Å²) >= 11 is 1.15. The Hall–Kier alpha value is -3.60. The molecular formula is C18H17N5O5S. The Kier molecular flexibility index (Phi) is 6.63. The summed E-state index contributed by atoms with van der Waals surface area (Å²) in [7, 11) is 1.33. The summed E-state index contributed by atoms with van der Waals surface area (Å²) in [6.07, 6.45) is 0. The lowest BCUT2D eigenvalue weighted by molar-refractivity contribution is -0.385. The minimum Gasteiger partial charge on any atom is -0.490 e. The third kappa shape index (κ3) is 5.69. The van der Waals surface area contributed by atoms with Gasteiger partial charge in [0.25, 0.3) is 0 Å². The van der Waals surface area contributed by atoms with E-state index < -0.39 is 4.92 Å². The lowest BCUT2D eigenvalue weighted by atomic mass is 10.2. The highest BCUT2D eigenvalue weighted by atomic mass is 32.2. The Bertz CT molecular complexity index is 995. The molecule has 0 aliphatic carbocycles. The molecule has 0 fully saturated rings. The number of ether oxygens (including phenoxy) is 2. The van der Waals surface area contributed by atoms with Crippen LogP contribution in [0.25, 0.3) is 0 Å². The first kappa shape index (κ1) is 20.1. The van der Waals surface area contributed by atoms with Crippen LogP contribution < -0.4 is 14.8 Å². The number of rotatable bonds is 9. The van der Waals surface area contributed by atoms with Crippen LogP contribution in [-0.4, -0.2) is 38.9 Å². The maximum atomic E-state index is 12.1. The van der Waals surface area contributed by atoms with Crippen molar-refractivity contribution in [2.24, 2.45) is 0 Å². The first-order chi connectivity index (χ1) is 14.0. The molecule has 0 aliphatic rings. The van der Waals surface area contributed by atoms with Gasteiger partial charge in [-0.2, -0.15) is 0 Å². The summed E-state index contributed by atoms with van der Waals surface area (Å²) in [5.74, 6) is 1.08. The van der Waals surface area contributed by atoms with Crippen molar-refractivity contribution < 1.29 is 19.2 Å². The topological polar surface area (TPSA) is 132 Å². The molecule has 0 atom stereocenters. The third-order valence-electron chi connectivity index (χ3n) is 3.62. The number of nitro groups is 1. The van der Waals surface area contributed by atoms with Crippen LogP contribution in [0, 0.1) is 10.1 Å². The predicted molar refractivity (Wildman–Crippen MR) is 106 cm³/mol. The van der Waals surface area contributed by atoms with Crippen LogP contribution >= 0.6 is 11.8 Å². The van der Waals surface area contributed by atoms with E-state index in [1.807, 2.05) is 30.3 Å². The van der Waals surface area contributed by atoms with Crippen LogP contribution in [-0.2, 0) is 11.4 Å². The van der Waals surface area contributed by atoms with E-state index in [4.69, 9.17) is 9.47 Å². The maximum Gasteiger partial charge on any atom is 0.311 e. The maximum absolute atomic E-state index is 12.1. The molecule has 1 heterocycles. The first-order valence-electron chi connectivity index (χ1n) is 8.39. The highest BCUT2D eigenvalue weighted by Crippen LogP contribution is 2.29. The van der Waals surface area contributed by atoms with Gasteiger partial charge in [-0.15, -0.1) is 5.10 Å². The summed E-state index contributed by atoms with van der Waals surface area (Å²) in [5, 5.41) is 20.8. The third-order valence-corrected chi connectivity index (χ3v) is 4.47. The van der Waals surface area contributed by atoms with Crippen LogP contribution in [0.4, 0.5) is 11.4 Å². The zero-order valence-electron chi connectivity index (χ0n) is 15.3. The molecule has 29 heavy (non-hydrogen) atoms. The highest BCUT2D eigenvalue weighted by molar-refractivity contribution is 7.99. The summed E-state index contributed by atoms with van der Waals surface area (Å²) < 4.78 is 10.6. The van der Waals surface area contributed by atoms with E-state index in [1.165, 1.54) is 25.3 Å². The van der Waals surface area contributed by atoms with E-state index in [0.717, 1.165) is 17.5 Å². The molecule has 11 heteroatoms. The van der Waals surface area contributed by atoms with Gasteiger partial charge in [-0.1, -0.05) is 30.0 Å². The fourth-order valence-electron chi connectivity index (χ4n) is 2.31. The molecule has 1 amide bonds. The smallest absolute Gasteiger partial charge is 0.311 e. The van der Waals surface area contributed by atoms with Crippen LogP contribution in [0.15, 0.2) is 53.7 Å². The second-order valence-corrected chi connectivity index (χ2v) is 6.59. The van der Waals surface area contributed by atoms with Gasteiger partial charge in [0.2, 0.25) is 11.1 Å². The van der Waals surface area contributed by atoms with Crippen LogP contribution in [0.2, 0.25) is 0 Å². The minimum absolute atomic E-state index is 0.0656. The number of nitro benzene ring substituents is 1. The van der Waals surface area contributed by atoms with Gasteiger partial charge in [0.15, 0.2) is 11.6 Å². The second kappa shape index (κ2) is 9.55. The average Bonchev–Trinajstić information content (AvgIpc) is 3.19. The molecule has 2 N–H and O–H groups in total. The molecule has 0 unspecified atom stereocenters. The number of thioether (sulfide) groups is 1. The van der Waals surface area contributed by atoms with Crippen molar-refractivity contribution in [3.8, 4) is 11.5 Å². The molecule has 0 saturated carbocycles. The van der Waals surface area contributed by atoms with E-state index in [0.29, 0.717) is 16.7 Å². The Balaban J connectivity index is 1.49. The number of methoxy groups -OCH3 is 1. The molecule has 3 aromatic rings. The number of aromatic nitrogens is 3. The van der Waals surface area contributed by atoms with E-state index in [-0.39, 0.29) is 29.7 Å². The predicted octanol–water partition coefficient (Wildman–Crippen LogP) is 3.03. The molecular weight excluding hydrogens is 398 g/mol. The molecule has 0 spiro atoms. The van der Waals surface area contributed by atoms with Gasteiger partial charge in [-0.3, -0.25) is 20.0 Å². The number of anilines is 1. The van der Waals surface area contributed by atoms with E-state index in [2.05, 4.69) is 20.5 Å². The lowest BCUT2D eigenvalue weighted by Crippen LogP contribution is -2.14. The van der Waals surface area contributed by atoms with Crippen molar-refractivity contribution in [1.29, 1.82) is 0 Å². The summed E-state index contributed by atoms with van der Waals surface area (Å²) in [5.41, 5.74) is 0.218. The van der Waals surface area contributed by atoms with Gasteiger partial charge in [0.1, 0.15) is 12.4 Å².